The van der Waals surface area contributed by atoms with Gasteiger partial charge in [0.15, 0.2) is 0 Å². The van der Waals surface area contributed by atoms with Gasteiger partial charge in [0.2, 0.25) is 0 Å². The molecule has 0 saturated heterocycles. The van der Waals surface area contributed by atoms with Crippen molar-refractivity contribution in [2.24, 2.45) is 0 Å². The predicted octanol–water partition coefficient (Wildman–Crippen LogP) is 4.30. The number of aromatic hydroxyl groups is 1. The third-order valence-corrected chi connectivity index (χ3v) is 3.33. The summed E-state index contributed by atoms with van der Waals surface area (Å²) in [6.07, 6.45) is 2.59. The second-order valence-electron chi connectivity index (χ2n) is 5.37. The molecule has 2 N–H and O–H groups in total. The maximum absolute atomic E-state index is 11.2. The quantitative estimate of drug-likeness (QED) is 0.764. The first kappa shape index (κ1) is 20.2. The van der Waals surface area contributed by atoms with Crippen molar-refractivity contribution in [3.63, 3.8) is 0 Å². The van der Waals surface area contributed by atoms with E-state index in [0.717, 1.165) is 24.8 Å². The Balaban J connectivity index is 0.000000251. The number of para-hydroxylation sites is 1. The molecule has 134 valence electrons. The fourth-order valence-electron chi connectivity index (χ4n) is 2.14. The van der Waals surface area contributed by atoms with Crippen LogP contribution in [-0.2, 0) is 11.2 Å². The Morgan fingerprint density at radius 1 is 0.920 bits per heavy atom. The van der Waals surface area contributed by atoms with Gasteiger partial charge in [-0.2, -0.15) is 0 Å². The molecule has 0 aromatic heterocycles. The van der Waals surface area contributed by atoms with Crippen molar-refractivity contribution in [3.8, 4) is 5.75 Å². The van der Waals surface area contributed by atoms with Crippen LogP contribution < -0.4 is 0 Å². The summed E-state index contributed by atoms with van der Waals surface area (Å²) in [4.78, 5) is 21.9. The number of hydrogen-bond donors (Lipinski definition) is 2. The molecule has 0 radical (unpaired) electrons. The molecule has 0 unspecified atom stereocenters. The van der Waals surface area contributed by atoms with Gasteiger partial charge >= 0.3 is 11.9 Å². The smallest absolute Gasteiger partial charge is 0.341 e. The second kappa shape index (κ2) is 10.9. The molecule has 0 aliphatic heterocycles. The standard InChI is InChI=1S/C10H12O3.C10H12O2/c1-2-7-13-10(12)8-5-3-4-6-9(8)11;1-2-5-8-6-3-4-7-9(8)10(11)12/h3-6,11H,2,7H2,1H3;3-4,6-7H,2,5H2,1H3,(H,11,12). The number of hydrogen-bond acceptors (Lipinski definition) is 4. The lowest BCUT2D eigenvalue weighted by Crippen LogP contribution is -2.05. The molecule has 2 aromatic rings. The Kier molecular flexibility index (Phi) is 8.79. The number of aryl methyl sites for hydroxylation is 1. The number of rotatable bonds is 6. The highest BCUT2D eigenvalue weighted by Crippen LogP contribution is 2.16. The number of ether oxygens (including phenoxy) is 1. The molecule has 0 amide bonds. The zero-order valence-electron chi connectivity index (χ0n) is 14.6. The summed E-state index contributed by atoms with van der Waals surface area (Å²) in [6, 6.07) is 13.5. The summed E-state index contributed by atoms with van der Waals surface area (Å²) in [5.74, 6) is -1.34. The fraction of sp³-hybridized carbons (Fsp3) is 0.300. The average Bonchev–Trinajstić information content (AvgIpc) is 2.61. The number of phenols is 1. The second-order valence-corrected chi connectivity index (χ2v) is 5.37. The molecule has 0 bridgehead atoms. The van der Waals surface area contributed by atoms with E-state index in [1.807, 2.05) is 26.0 Å². The van der Waals surface area contributed by atoms with Crippen LogP contribution in [0.5, 0.6) is 5.75 Å². The minimum Gasteiger partial charge on any atom is -0.507 e. The molecular weight excluding hydrogens is 320 g/mol. The lowest BCUT2D eigenvalue weighted by molar-refractivity contribution is 0.0501. The summed E-state index contributed by atoms with van der Waals surface area (Å²) >= 11 is 0. The molecule has 2 aromatic carbocycles. The number of carboxylic acid groups (broad SMARTS) is 1. The van der Waals surface area contributed by atoms with Crippen molar-refractivity contribution >= 4 is 11.9 Å². The van der Waals surface area contributed by atoms with Gasteiger partial charge in [-0.05, 0) is 36.6 Å². The summed E-state index contributed by atoms with van der Waals surface area (Å²) in [6.45, 7) is 4.34. The van der Waals surface area contributed by atoms with E-state index in [1.165, 1.54) is 12.1 Å². The van der Waals surface area contributed by atoms with Crippen LogP contribution in [0, 0.1) is 0 Å². The summed E-state index contributed by atoms with van der Waals surface area (Å²) in [5.41, 5.74) is 1.57. The molecule has 2 rings (SSSR count). The topological polar surface area (TPSA) is 83.8 Å². The van der Waals surface area contributed by atoms with Gasteiger partial charge in [0.25, 0.3) is 0 Å². The number of phenolic OH excluding ortho intramolecular Hbond substituents is 1. The van der Waals surface area contributed by atoms with Crippen LogP contribution >= 0.6 is 0 Å². The summed E-state index contributed by atoms with van der Waals surface area (Å²) in [5, 5.41) is 18.1. The van der Waals surface area contributed by atoms with Gasteiger partial charge in [0.05, 0.1) is 12.2 Å². The van der Waals surface area contributed by atoms with Crippen LogP contribution in [0.3, 0.4) is 0 Å². The lowest BCUT2D eigenvalue weighted by atomic mass is 10.0. The van der Waals surface area contributed by atoms with Crippen LogP contribution in [0.4, 0.5) is 0 Å². The van der Waals surface area contributed by atoms with E-state index in [2.05, 4.69) is 0 Å². The highest BCUT2D eigenvalue weighted by molar-refractivity contribution is 5.92. The average molecular weight is 344 g/mol. The van der Waals surface area contributed by atoms with Crippen molar-refractivity contribution in [2.75, 3.05) is 6.61 Å². The molecule has 0 saturated carbocycles. The zero-order valence-corrected chi connectivity index (χ0v) is 14.6. The van der Waals surface area contributed by atoms with Crippen molar-refractivity contribution in [1.29, 1.82) is 0 Å². The molecule has 5 heteroatoms. The van der Waals surface area contributed by atoms with Gasteiger partial charge in [0, 0.05) is 0 Å². The maximum atomic E-state index is 11.2. The number of carbonyl (C=O) groups is 2. The van der Waals surface area contributed by atoms with Crippen molar-refractivity contribution in [1.82, 2.24) is 0 Å². The highest BCUT2D eigenvalue weighted by atomic mass is 16.5. The van der Waals surface area contributed by atoms with Gasteiger partial charge in [-0.3, -0.25) is 0 Å². The monoisotopic (exact) mass is 344 g/mol. The van der Waals surface area contributed by atoms with E-state index < -0.39 is 11.9 Å². The van der Waals surface area contributed by atoms with E-state index >= 15 is 0 Å². The van der Waals surface area contributed by atoms with Crippen LogP contribution in [0.2, 0.25) is 0 Å². The largest absolute Gasteiger partial charge is 0.507 e. The van der Waals surface area contributed by atoms with Gasteiger partial charge < -0.3 is 14.9 Å². The van der Waals surface area contributed by atoms with E-state index in [9.17, 15) is 14.7 Å². The van der Waals surface area contributed by atoms with Crippen molar-refractivity contribution in [2.45, 2.75) is 33.1 Å². The normalized spacial score (nSPS) is 9.68. The van der Waals surface area contributed by atoms with Gasteiger partial charge in [-0.25, -0.2) is 9.59 Å². The van der Waals surface area contributed by atoms with Crippen LogP contribution in [-0.4, -0.2) is 28.8 Å². The summed E-state index contributed by atoms with van der Waals surface area (Å²) in [7, 11) is 0. The Bertz CT molecular complexity index is 694. The number of carboxylic acids is 1. The van der Waals surface area contributed by atoms with Crippen LogP contribution in [0.1, 0.15) is 53.0 Å². The van der Waals surface area contributed by atoms with E-state index in [0.29, 0.717) is 12.2 Å². The van der Waals surface area contributed by atoms with Crippen LogP contribution in [0.25, 0.3) is 0 Å². The Morgan fingerprint density at radius 3 is 2.08 bits per heavy atom. The fourth-order valence-corrected chi connectivity index (χ4v) is 2.14. The molecule has 0 fully saturated rings. The van der Waals surface area contributed by atoms with Gasteiger partial charge in [-0.15, -0.1) is 0 Å². The third-order valence-electron chi connectivity index (χ3n) is 3.33. The zero-order chi connectivity index (χ0) is 18.7. The molecule has 0 aliphatic carbocycles. The SMILES string of the molecule is CCCOC(=O)c1ccccc1O.CCCc1ccccc1C(=O)O. The molecule has 0 aliphatic rings. The Labute approximate surface area is 147 Å². The molecule has 5 nitrogen and oxygen atoms in total. The summed E-state index contributed by atoms with van der Waals surface area (Å²) < 4.78 is 4.86. The molecule has 0 atom stereocenters. The highest BCUT2D eigenvalue weighted by Gasteiger charge is 2.10. The lowest BCUT2D eigenvalue weighted by Gasteiger charge is -2.03. The number of carbonyl (C=O) groups excluding carboxylic acids is 1. The first-order valence-corrected chi connectivity index (χ1v) is 8.27. The van der Waals surface area contributed by atoms with Crippen LogP contribution in [0.15, 0.2) is 48.5 Å². The van der Waals surface area contributed by atoms with E-state index in [-0.39, 0.29) is 11.3 Å². The van der Waals surface area contributed by atoms with Crippen molar-refractivity contribution in [3.05, 3.63) is 65.2 Å². The van der Waals surface area contributed by atoms with Gasteiger partial charge in [-0.1, -0.05) is 50.6 Å². The molecule has 25 heavy (non-hydrogen) atoms. The Morgan fingerprint density at radius 2 is 1.52 bits per heavy atom. The van der Waals surface area contributed by atoms with Crippen molar-refractivity contribution < 1.29 is 24.5 Å². The molecule has 0 spiro atoms. The molecular formula is C20H24O5. The first-order valence-electron chi connectivity index (χ1n) is 8.27. The number of esters is 1. The minimum absolute atomic E-state index is 0.0383. The predicted molar refractivity (Wildman–Crippen MR) is 96.1 cm³/mol. The number of benzene rings is 2. The van der Waals surface area contributed by atoms with E-state index in [4.69, 9.17) is 9.84 Å². The Hall–Kier alpha value is -2.82. The van der Waals surface area contributed by atoms with E-state index in [1.54, 1.807) is 24.3 Å². The van der Waals surface area contributed by atoms with Gasteiger partial charge in [0.1, 0.15) is 11.3 Å². The minimum atomic E-state index is -0.834. The molecule has 0 heterocycles. The number of aromatic carboxylic acids is 1. The maximum Gasteiger partial charge on any atom is 0.341 e. The third kappa shape index (κ3) is 6.67. The first-order chi connectivity index (χ1) is 12.0.